The van der Waals surface area contributed by atoms with Gasteiger partial charge < -0.3 is 14.4 Å². The molecule has 0 saturated heterocycles. The van der Waals surface area contributed by atoms with Crippen LogP contribution in [0.1, 0.15) is 63.7 Å². The number of unbranched alkanes of at least 4 members (excludes halogenated alkanes) is 2. The molecule has 8 nitrogen and oxygen atoms in total. The summed E-state index contributed by atoms with van der Waals surface area (Å²) in [5.74, 6) is 0.439. The van der Waals surface area contributed by atoms with Crippen LogP contribution in [0.2, 0.25) is 0 Å². The van der Waals surface area contributed by atoms with Gasteiger partial charge in [-0.15, -0.1) is 0 Å². The number of aliphatic carboxylic acids is 1. The third kappa shape index (κ3) is 7.61. The van der Waals surface area contributed by atoms with Crippen LogP contribution in [-0.2, 0) is 20.3 Å². The third-order valence-electron chi connectivity index (χ3n) is 7.52. The smallest absolute Gasteiger partial charge is 0.303 e. The molecule has 1 heterocycles. The van der Waals surface area contributed by atoms with Gasteiger partial charge in [-0.25, -0.2) is 4.58 Å². The molecule has 0 bridgehead atoms. The number of carboxylic acid groups (broad SMARTS) is 1. The Bertz CT molecular complexity index is 1520. The summed E-state index contributed by atoms with van der Waals surface area (Å²) < 4.78 is 40.4. The van der Waals surface area contributed by atoms with Gasteiger partial charge in [-0.05, 0) is 48.9 Å². The molecule has 0 amide bonds. The van der Waals surface area contributed by atoms with Gasteiger partial charge in [-0.1, -0.05) is 32.0 Å². The molecule has 2 aliphatic carbocycles. The van der Waals surface area contributed by atoms with E-state index in [-0.39, 0.29) is 24.0 Å². The van der Waals surface area contributed by atoms with Crippen molar-refractivity contribution in [3.05, 3.63) is 77.0 Å². The number of para-hydroxylation sites is 1. The molecule has 0 fully saturated rings. The quantitative estimate of drug-likeness (QED) is 0.175. The molecule has 1 aliphatic heterocycles. The molecule has 0 atom stereocenters. The van der Waals surface area contributed by atoms with Crippen LogP contribution in [-0.4, -0.2) is 49.9 Å². The van der Waals surface area contributed by atoms with Crippen LogP contribution in [0.25, 0.3) is 17.4 Å². The van der Waals surface area contributed by atoms with E-state index in [1.165, 1.54) is 0 Å². The summed E-state index contributed by atoms with van der Waals surface area (Å²) in [6.45, 7) is 5.54. The summed E-state index contributed by atoms with van der Waals surface area (Å²) in [6, 6.07) is 18.5. The van der Waals surface area contributed by atoms with E-state index in [0.29, 0.717) is 19.5 Å². The molecule has 0 aromatic heterocycles. The standard InChI is InChI=1S/C31H38N2O6S/c1-31(2)22-26(32(3)24-11-6-4-7-12-24)21-29-27(31)19-23-14-15-25(20-28(23)39-29)33(17-10-18-40(36,37)38)16-9-5-8-13-30(34)35/h4,6-7,11-12,14-15,19-21H,5,8-10,13,16-18,22H2,1-3H3,(H-,34,35,36,37,38)/p+1. The number of benzene rings is 2. The Balaban J connectivity index is 1.70. The molecule has 0 radical (unpaired) electrons. The van der Waals surface area contributed by atoms with Crippen LogP contribution in [0.3, 0.4) is 0 Å². The minimum absolute atomic E-state index is 0.128. The van der Waals surface area contributed by atoms with Gasteiger partial charge in [0.25, 0.3) is 10.1 Å². The normalized spacial score (nSPS) is 15.3. The zero-order valence-electron chi connectivity index (χ0n) is 23.5. The van der Waals surface area contributed by atoms with Gasteiger partial charge >= 0.3 is 5.97 Å². The molecular formula is C31H39N2O6S+. The molecule has 0 spiro atoms. The average molecular weight is 568 g/mol. The summed E-state index contributed by atoms with van der Waals surface area (Å²) in [7, 11) is -1.98. The summed E-state index contributed by atoms with van der Waals surface area (Å²) in [5, 5.41) is 9.80. The number of rotatable bonds is 12. The van der Waals surface area contributed by atoms with Crippen LogP contribution in [0, 0.1) is 0 Å². The van der Waals surface area contributed by atoms with Gasteiger partial charge in [-0.2, -0.15) is 8.42 Å². The van der Waals surface area contributed by atoms with E-state index in [9.17, 15) is 17.8 Å². The molecule has 1 aromatic rings. The van der Waals surface area contributed by atoms with Crippen molar-refractivity contribution in [3.8, 4) is 11.3 Å². The lowest BCUT2D eigenvalue weighted by Crippen LogP contribution is -2.33. The number of anilines is 1. The zero-order valence-corrected chi connectivity index (χ0v) is 24.3. The van der Waals surface area contributed by atoms with Crippen molar-refractivity contribution in [2.45, 2.75) is 57.8 Å². The average Bonchev–Trinajstić information content (AvgIpc) is 2.89. The van der Waals surface area contributed by atoms with Crippen LogP contribution in [0.15, 0.2) is 64.7 Å². The number of carbonyl (C=O) groups is 1. The maximum absolute atomic E-state index is 11.3. The molecular weight excluding hydrogens is 528 g/mol. The van der Waals surface area contributed by atoms with E-state index in [2.05, 4.69) is 54.6 Å². The van der Waals surface area contributed by atoms with Gasteiger partial charge in [0.2, 0.25) is 5.36 Å². The van der Waals surface area contributed by atoms with Gasteiger partial charge in [-0.3, -0.25) is 9.35 Å². The Morgan fingerprint density at radius 2 is 1.75 bits per heavy atom. The highest BCUT2D eigenvalue weighted by Gasteiger charge is 2.33. The van der Waals surface area contributed by atoms with Crippen molar-refractivity contribution >= 4 is 27.9 Å². The van der Waals surface area contributed by atoms with E-state index in [0.717, 1.165) is 58.7 Å². The molecule has 9 heteroatoms. The van der Waals surface area contributed by atoms with Gasteiger partial charge in [0, 0.05) is 61.0 Å². The van der Waals surface area contributed by atoms with Gasteiger partial charge in [0.1, 0.15) is 24.6 Å². The molecule has 214 valence electrons. The maximum Gasteiger partial charge on any atom is 0.303 e. The molecule has 3 aliphatic rings. The summed E-state index contributed by atoms with van der Waals surface area (Å²) in [6.07, 6.45) is 5.51. The van der Waals surface area contributed by atoms with Crippen molar-refractivity contribution in [3.63, 3.8) is 0 Å². The highest BCUT2D eigenvalue weighted by atomic mass is 32.2. The Kier molecular flexibility index (Phi) is 9.15. The van der Waals surface area contributed by atoms with Gasteiger partial charge in [0.05, 0.1) is 11.8 Å². The second-order valence-corrected chi connectivity index (χ2v) is 12.7. The predicted octanol–water partition coefficient (Wildman–Crippen LogP) is 5.24. The molecule has 4 rings (SSSR count). The molecule has 2 N–H and O–H groups in total. The second kappa shape index (κ2) is 12.4. The van der Waals surface area contributed by atoms with E-state index < -0.39 is 16.1 Å². The minimum atomic E-state index is -4.05. The largest absolute Gasteiger partial charge is 0.481 e. The molecule has 0 unspecified atom stereocenters. The van der Waals surface area contributed by atoms with Crippen molar-refractivity contribution in [1.82, 2.24) is 4.58 Å². The van der Waals surface area contributed by atoms with Crippen LogP contribution < -0.4 is 14.8 Å². The number of hydrogen-bond donors (Lipinski definition) is 2. The predicted molar refractivity (Wildman–Crippen MR) is 158 cm³/mol. The number of hydrogen-bond acceptors (Lipinski definition) is 5. The highest BCUT2D eigenvalue weighted by Crippen LogP contribution is 2.42. The van der Waals surface area contributed by atoms with Crippen LogP contribution in [0.5, 0.6) is 0 Å². The van der Waals surface area contributed by atoms with E-state index >= 15 is 0 Å². The van der Waals surface area contributed by atoms with Gasteiger partial charge in [0.15, 0.2) is 0 Å². The molecule has 0 saturated carbocycles. The van der Waals surface area contributed by atoms with E-state index in [1.807, 2.05) is 36.4 Å². The van der Waals surface area contributed by atoms with Crippen LogP contribution >= 0.6 is 0 Å². The molecule has 1 aromatic carbocycles. The lowest BCUT2D eigenvalue weighted by Gasteiger charge is -2.36. The van der Waals surface area contributed by atoms with Crippen LogP contribution in [0.4, 0.5) is 5.69 Å². The SMILES string of the molecule is CN(C1=Cc2oc3cc(=[N+](CCCCCC(=O)O)CCCS(=O)(=O)O)ccc-3cc2C(C)(C)C1)c1ccccc1. The summed E-state index contributed by atoms with van der Waals surface area (Å²) >= 11 is 0. The fourth-order valence-corrected chi connectivity index (χ4v) is 5.80. The number of carboxylic acids is 1. The highest BCUT2D eigenvalue weighted by molar-refractivity contribution is 7.85. The summed E-state index contributed by atoms with van der Waals surface area (Å²) in [5.41, 5.74) is 4.29. The van der Waals surface area contributed by atoms with E-state index in [4.69, 9.17) is 9.52 Å². The third-order valence-corrected chi connectivity index (χ3v) is 8.33. The second-order valence-electron chi connectivity index (χ2n) is 11.2. The van der Waals surface area contributed by atoms with Crippen molar-refractivity contribution in [2.24, 2.45) is 0 Å². The Morgan fingerprint density at radius 3 is 2.45 bits per heavy atom. The molecule has 40 heavy (non-hydrogen) atoms. The van der Waals surface area contributed by atoms with Crippen molar-refractivity contribution < 1.29 is 27.3 Å². The number of allylic oxidation sites excluding steroid dienone is 1. The zero-order chi connectivity index (χ0) is 28.9. The minimum Gasteiger partial charge on any atom is -0.481 e. The number of nitrogens with zero attached hydrogens (tertiary/aromatic N) is 2. The first-order valence-corrected chi connectivity index (χ1v) is 15.4. The lowest BCUT2D eigenvalue weighted by molar-refractivity contribution is -0.137. The fraction of sp³-hybridized carbons (Fsp3) is 0.419. The Morgan fingerprint density at radius 1 is 1.02 bits per heavy atom. The first-order valence-electron chi connectivity index (χ1n) is 13.8. The number of fused-ring (bicyclic) bond motifs is 2. The first kappa shape index (κ1) is 29.6. The van der Waals surface area contributed by atoms with Crippen molar-refractivity contribution in [2.75, 3.05) is 30.8 Å². The monoisotopic (exact) mass is 567 g/mol. The Labute approximate surface area is 236 Å². The fourth-order valence-electron chi connectivity index (χ4n) is 5.31. The van der Waals surface area contributed by atoms with Crippen molar-refractivity contribution in [1.29, 1.82) is 0 Å². The maximum atomic E-state index is 11.3. The lowest BCUT2D eigenvalue weighted by atomic mass is 9.75. The van der Waals surface area contributed by atoms with E-state index in [1.54, 1.807) is 0 Å². The Hall–Kier alpha value is -3.43. The first-order chi connectivity index (χ1) is 18.9. The topological polar surface area (TPSA) is 111 Å². The summed E-state index contributed by atoms with van der Waals surface area (Å²) in [4.78, 5) is 13.0.